The van der Waals surface area contributed by atoms with Crippen LogP contribution < -0.4 is 10.1 Å². The Kier molecular flexibility index (Phi) is 4.11. The van der Waals surface area contributed by atoms with E-state index in [-0.39, 0.29) is 5.54 Å². The molecule has 0 radical (unpaired) electrons. The van der Waals surface area contributed by atoms with Crippen LogP contribution in [-0.2, 0) is 0 Å². The van der Waals surface area contributed by atoms with E-state index in [0.717, 1.165) is 24.4 Å². The first-order chi connectivity index (χ1) is 8.28. The zero-order chi connectivity index (χ0) is 12.1. The summed E-state index contributed by atoms with van der Waals surface area (Å²) >= 11 is 6.13. The van der Waals surface area contributed by atoms with Gasteiger partial charge in [-0.05, 0) is 25.0 Å². The first kappa shape index (κ1) is 12.5. The van der Waals surface area contributed by atoms with Gasteiger partial charge in [-0.15, -0.1) is 11.6 Å². The molecule has 0 aliphatic heterocycles. The van der Waals surface area contributed by atoms with Crippen molar-refractivity contribution >= 4 is 17.4 Å². The van der Waals surface area contributed by atoms with Gasteiger partial charge in [0.15, 0.2) is 0 Å². The van der Waals surface area contributed by atoms with Gasteiger partial charge in [-0.3, -0.25) is 0 Å². The van der Waals surface area contributed by atoms with E-state index in [1.54, 1.807) is 13.3 Å². The number of pyridine rings is 1. The van der Waals surface area contributed by atoms with Gasteiger partial charge in [0.1, 0.15) is 11.6 Å². The van der Waals surface area contributed by atoms with Crippen LogP contribution in [0.2, 0.25) is 0 Å². The number of aromatic nitrogens is 1. The first-order valence-corrected chi connectivity index (χ1v) is 6.66. The van der Waals surface area contributed by atoms with Crippen molar-refractivity contribution in [2.75, 3.05) is 18.3 Å². The molecular formula is C13H19ClN2O. The third kappa shape index (κ3) is 3.03. The molecule has 17 heavy (non-hydrogen) atoms. The normalized spacial score (nSPS) is 18.7. The summed E-state index contributed by atoms with van der Waals surface area (Å²) in [5, 5.41) is 3.50. The number of anilines is 1. The lowest BCUT2D eigenvalue weighted by molar-refractivity contribution is 0.352. The number of halogens is 1. The SMILES string of the molecule is COc1ccc(NC2(CCl)CCCCC2)nc1. The first-order valence-electron chi connectivity index (χ1n) is 6.12. The minimum Gasteiger partial charge on any atom is -0.495 e. The molecule has 1 saturated carbocycles. The third-order valence-corrected chi connectivity index (χ3v) is 3.94. The number of rotatable bonds is 4. The molecular weight excluding hydrogens is 236 g/mol. The van der Waals surface area contributed by atoms with Gasteiger partial charge in [0.25, 0.3) is 0 Å². The van der Waals surface area contributed by atoms with E-state index in [9.17, 15) is 0 Å². The van der Waals surface area contributed by atoms with Gasteiger partial charge < -0.3 is 10.1 Å². The number of hydrogen-bond donors (Lipinski definition) is 1. The maximum Gasteiger partial charge on any atom is 0.137 e. The van der Waals surface area contributed by atoms with Crippen molar-refractivity contribution in [2.45, 2.75) is 37.6 Å². The molecule has 0 aromatic carbocycles. The second-order valence-electron chi connectivity index (χ2n) is 4.68. The van der Waals surface area contributed by atoms with Gasteiger partial charge >= 0.3 is 0 Å². The molecule has 1 aliphatic carbocycles. The number of methoxy groups -OCH3 is 1. The van der Waals surface area contributed by atoms with Crippen LogP contribution in [0.3, 0.4) is 0 Å². The van der Waals surface area contributed by atoms with Crippen molar-refractivity contribution in [2.24, 2.45) is 0 Å². The molecule has 1 aliphatic rings. The minimum atomic E-state index is 0.0292. The smallest absolute Gasteiger partial charge is 0.137 e. The highest BCUT2D eigenvalue weighted by atomic mass is 35.5. The van der Waals surface area contributed by atoms with Crippen LogP contribution in [0.4, 0.5) is 5.82 Å². The molecule has 0 unspecified atom stereocenters. The van der Waals surface area contributed by atoms with Crippen LogP contribution in [0.1, 0.15) is 32.1 Å². The van der Waals surface area contributed by atoms with E-state index in [2.05, 4.69) is 10.3 Å². The minimum absolute atomic E-state index is 0.0292. The third-order valence-electron chi connectivity index (χ3n) is 3.43. The van der Waals surface area contributed by atoms with Crippen LogP contribution in [0, 0.1) is 0 Å². The van der Waals surface area contributed by atoms with Gasteiger partial charge in [0.2, 0.25) is 0 Å². The molecule has 0 saturated heterocycles. The van der Waals surface area contributed by atoms with Crippen molar-refractivity contribution in [3.8, 4) is 5.75 Å². The molecule has 94 valence electrons. The van der Waals surface area contributed by atoms with Crippen molar-refractivity contribution in [3.05, 3.63) is 18.3 Å². The molecule has 1 aromatic rings. The molecule has 1 fully saturated rings. The second kappa shape index (κ2) is 5.58. The topological polar surface area (TPSA) is 34.1 Å². The van der Waals surface area contributed by atoms with Gasteiger partial charge in [-0.2, -0.15) is 0 Å². The van der Waals surface area contributed by atoms with Gasteiger partial charge in [-0.1, -0.05) is 19.3 Å². The van der Waals surface area contributed by atoms with Gasteiger partial charge in [-0.25, -0.2) is 4.98 Å². The number of nitrogens with zero attached hydrogens (tertiary/aromatic N) is 1. The molecule has 0 atom stereocenters. The zero-order valence-corrected chi connectivity index (χ0v) is 11.0. The van der Waals surface area contributed by atoms with E-state index in [4.69, 9.17) is 16.3 Å². The fraction of sp³-hybridized carbons (Fsp3) is 0.615. The maximum absolute atomic E-state index is 6.13. The predicted octanol–water partition coefficient (Wildman–Crippen LogP) is 3.44. The van der Waals surface area contributed by atoms with E-state index in [0.29, 0.717) is 5.88 Å². The molecule has 0 spiro atoms. The standard InChI is InChI=1S/C13H19ClN2O/c1-17-11-5-6-12(15-9-11)16-13(10-14)7-3-2-4-8-13/h5-6,9H,2-4,7-8,10H2,1H3,(H,15,16). The molecule has 0 bridgehead atoms. The summed E-state index contributed by atoms with van der Waals surface area (Å²) in [5.41, 5.74) is 0.0292. The Hall–Kier alpha value is -0.960. The highest BCUT2D eigenvalue weighted by molar-refractivity contribution is 6.18. The Morgan fingerprint density at radius 1 is 1.35 bits per heavy atom. The number of ether oxygens (including phenoxy) is 1. The Labute approximate surface area is 108 Å². The summed E-state index contributed by atoms with van der Waals surface area (Å²) in [7, 11) is 1.64. The van der Waals surface area contributed by atoms with Crippen LogP contribution in [0.5, 0.6) is 5.75 Å². The summed E-state index contributed by atoms with van der Waals surface area (Å²) in [5.74, 6) is 2.30. The lowest BCUT2D eigenvalue weighted by Gasteiger charge is -2.36. The van der Waals surface area contributed by atoms with Crippen LogP contribution in [0.15, 0.2) is 18.3 Å². The average molecular weight is 255 g/mol. The molecule has 1 heterocycles. The van der Waals surface area contributed by atoms with Crippen molar-refractivity contribution < 1.29 is 4.74 Å². The van der Waals surface area contributed by atoms with Crippen molar-refractivity contribution in [3.63, 3.8) is 0 Å². The van der Waals surface area contributed by atoms with E-state index in [1.807, 2.05) is 12.1 Å². The van der Waals surface area contributed by atoms with Gasteiger partial charge in [0.05, 0.1) is 18.8 Å². The van der Waals surface area contributed by atoms with Crippen LogP contribution >= 0.6 is 11.6 Å². The molecule has 2 rings (SSSR count). The lowest BCUT2D eigenvalue weighted by Crippen LogP contribution is -2.42. The fourth-order valence-corrected chi connectivity index (χ4v) is 2.70. The van der Waals surface area contributed by atoms with Crippen molar-refractivity contribution in [1.29, 1.82) is 0 Å². The van der Waals surface area contributed by atoms with Crippen LogP contribution in [-0.4, -0.2) is 23.5 Å². The Morgan fingerprint density at radius 3 is 2.65 bits per heavy atom. The number of hydrogen-bond acceptors (Lipinski definition) is 3. The average Bonchev–Trinajstić information content (AvgIpc) is 2.41. The Balaban J connectivity index is 2.06. The Bertz CT molecular complexity index is 347. The number of nitrogens with one attached hydrogen (secondary N) is 1. The zero-order valence-electron chi connectivity index (χ0n) is 10.2. The Morgan fingerprint density at radius 2 is 2.12 bits per heavy atom. The van der Waals surface area contributed by atoms with E-state index < -0.39 is 0 Å². The number of alkyl halides is 1. The van der Waals surface area contributed by atoms with E-state index >= 15 is 0 Å². The predicted molar refractivity (Wildman–Crippen MR) is 70.9 cm³/mol. The largest absolute Gasteiger partial charge is 0.495 e. The maximum atomic E-state index is 6.13. The molecule has 1 aromatic heterocycles. The summed E-state index contributed by atoms with van der Waals surface area (Å²) in [6, 6.07) is 3.86. The molecule has 3 nitrogen and oxygen atoms in total. The summed E-state index contributed by atoms with van der Waals surface area (Å²) in [6.07, 6.45) is 7.80. The summed E-state index contributed by atoms with van der Waals surface area (Å²) < 4.78 is 5.09. The summed E-state index contributed by atoms with van der Waals surface area (Å²) in [6.45, 7) is 0. The molecule has 1 N–H and O–H groups in total. The highest BCUT2D eigenvalue weighted by Gasteiger charge is 2.31. The highest BCUT2D eigenvalue weighted by Crippen LogP contribution is 2.32. The molecule has 0 amide bonds. The lowest BCUT2D eigenvalue weighted by atomic mass is 9.83. The fourth-order valence-electron chi connectivity index (χ4n) is 2.37. The monoisotopic (exact) mass is 254 g/mol. The summed E-state index contributed by atoms with van der Waals surface area (Å²) in [4.78, 5) is 4.34. The second-order valence-corrected chi connectivity index (χ2v) is 4.95. The quantitative estimate of drug-likeness (QED) is 0.836. The van der Waals surface area contributed by atoms with Gasteiger partial charge in [0, 0.05) is 5.88 Å². The van der Waals surface area contributed by atoms with Crippen molar-refractivity contribution in [1.82, 2.24) is 4.98 Å². The molecule has 4 heteroatoms. The van der Waals surface area contributed by atoms with Crippen LogP contribution in [0.25, 0.3) is 0 Å². The van der Waals surface area contributed by atoms with E-state index in [1.165, 1.54) is 19.3 Å².